The van der Waals surface area contributed by atoms with Crippen molar-refractivity contribution in [3.8, 4) is 11.1 Å². The molecule has 0 saturated heterocycles. The van der Waals surface area contributed by atoms with Gasteiger partial charge in [-0.2, -0.15) is 0 Å². The van der Waals surface area contributed by atoms with E-state index in [9.17, 15) is 0 Å². The largest absolute Gasteiger partial charge is 0.462 e. The molecule has 1 heterocycles. The molecule has 120 valence electrons. The molecule has 0 unspecified atom stereocenters. The lowest BCUT2D eigenvalue weighted by Gasteiger charge is -2.15. The van der Waals surface area contributed by atoms with Gasteiger partial charge in [0, 0.05) is 6.42 Å². The smallest absolute Gasteiger partial charge is 0.130 e. The van der Waals surface area contributed by atoms with Crippen LogP contribution in [0.15, 0.2) is 46.9 Å². The van der Waals surface area contributed by atoms with Crippen LogP contribution in [0.25, 0.3) is 22.8 Å². The average molecular weight is 314 g/mol. The number of rotatable bonds is 2. The molecular formula is C23H22O. The van der Waals surface area contributed by atoms with Crippen molar-refractivity contribution in [2.75, 3.05) is 0 Å². The first-order valence-corrected chi connectivity index (χ1v) is 8.50. The maximum Gasteiger partial charge on any atom is 0.130 e. The minimum absolute atomic E-state index is 0.947. The summed E-state index contributed by atoms with van der Waals surface area (Å²) in [6, 6.07) is 15.3. The van der Waals surface area contributed by atoms with E-state index in [1.807, 2.05) is 13.0 Å². The van der Waals surface area contributed by atoms with E-state index in [4.69, 9.17) is 4.42 Å². The van der Waals surface area contributed by atoms with Crippen molar-refractivity contribution in [1.82, 2.24) is 0 Å². The predicted octanol–water partition coefficient (Wildman–Crippen LogP) is 6.28. The minimum Gasteiger partial charge on any atom is -0.462 e. The second kappa shape index (κ2) is 5.52. The summed E-state index contributed by atoms with van der Waals surface area (Å²) in [6.45, 7) is 8.60. The highest BCUT2D eigenvalue weighted by atomic mass is 16.3. The van der Waals surface area contributed by atoms with E-state index >= 15 is 0 Å². The summed E-state index contributed by atoms with van der Waals surface area (Å²) in [5.74, 6) is 1.96. The van der Waals surface area contributed by atoms with Crippen molar-refractivity contribution < 1.29 is 4.42 Å². The van der Waals surface area contributed by atoms with Gasteiger partial charge in [-0.1, -0.05) is 35.9 Å². The SMILES string of the molecule is Cc1cccc(-c2c(C)c(C)cc3c2C=C(c2ccc(C)o2)C3)c1. The highest BCUT2D eigenvalue weighted by molar-refractivity contribution is 5.94. The topological polar surface area (TPSA) is 13.1 Å². The van der Waals surface area contributed by atoms with Gasteiger partial charge in [0.25, 0.3) is 0 Å². The van der Waals surface area contributed by atoms with Crippen LogP contribution in [0.5, 0.6) is 0 Å². The van der Waals surface area contributed by atoms with Crippen molar-refractivity contribution in [3.05, 3.63) is 81.8 Å². The fourth-order valence-electron chi connectivity index (χ4n) is 3.69. The van der Waals surface area contributed by atoms with Crippen molar-refractivity contribution in [1.29, 1.82) is 0 Å². The standard InChI is InChI=1S/C23H22O/c1-14-6-5-7-18(10-14)23-17(4)15(2)11-19-12-20(13-21(19)23)22-9-8-16(3)24-22/h5-11,13H,12H2,1-4H3. The number of allylic oxidation sites excluding steroid dienone is 1. The predicted molar refractivity (Wildman–Crippen MR) is 101 cm³/mol. The van der Waals surface area contributed by atoms with Gasteiger partial charge in [0.1, 0.15) is 11.5 Å². The Bertz CT molecular complexity index is 970. The molecule has 0 aliphatic heterocycles. The maximum absolute atomic E-state index is 5.86. The van der Waals surface area contributed by atoms with E-state index in [0.29, 0.717) is 0 Å². The Balaban J connectivity index is 1.91. The highest BCUT2D eigenvalue weighted by Crippen LogP contribution is 2.41. The first-order valence-electron chi connectivity index (χ1n) is 8.50. The lowest BCUT2D eigenvalue weighted by molar-refractivity contribution is 0.521. The number of hydrogen-bond donors (Lipinski definition) is 0. The summed E-state index contributed by atoms with van der Waals surface area (Å²) in [7, 11) is 0. The number of benzene rings is 2. The summed E-state index contributed by atoms with van der Waals surface area (Å²) in [6.07, 6.45) is 3.26. The third kappa shape index (κ3) is 2.41. The van der Waals surface area contributed by atoms with Crippen LogP contribution in [0.2, 0.25) is 0 Å². The van der Waals surface area contributed by atoms with Gasteiger partial charge in [0.2, 0.25) is 0 Å². The van der Waals surface area contributed by atoms with Gasteiger partial charge in [0.15, 0.2) is 0 Å². The van der Waals surface area contributed by atoms with Gasteiger partial charge in [-0.3, -0.25) is 0 Å². The third-order valence-electron chi connectivity index (χ3n) is 5.04. The Labute approximate surface area is 143 Å². The molecule has 0 atom stereocenters. The first-order chi connectivity index (χ1) is 11.5. The summed E-state index contributed by atoms with van der Waals surface area (Å²) < 4.78 is 5.86. The van der Waals surface area contributed by atoms with Gasteiger partial charge in [-0.05, 0) is 84.9 Å². The lowest BCUT2D eigenvalue weighted by Crippen LogP contribution is -1.95. The van der Waals surface area contributed by atoms with Crippen molar-refractivity contribution >= 4 is 11.6 Å². The van der Waals surface area contributed by atoms with Crippen LogP contribution < -0.4 is 0 Å². The first kappa shape index (κ1) is 15.0. The second-order valence-corrected chi connectivity index (χ2v) is 6.89. The number of furan rings is 1. The van der Waals surface area contributed by atoms with Gasteiger partial charge in [0.05, 0.1) is 0 Å². The summed E-state index contributed by atoms with van der Waals surface area (Å²) in [5, 5.41) is 0. The van der Waals surface area contributed by atoms with E-state index in [1.54, 1.807) is 0 Å². The van der Waals surface area contributed by atoms with Gasteiger partial charge in [-0.25, -0.2) is 0 Å². The van der Waals surface area contributed by atoms with Crippen LogP contribution in [0.4, 0.5) is 0 Å². The fraction of sp³-hybridized carbons (Fsp3) is 0.217. The van der Waals surface area contributed by atoms with Gasteiger partial charge < -0.3 is 4.42 Å². The Morgan fingerprint density at radius 3 is 2.46 bits per heavy atom. The Morgan fingerprint density at radius 1 is 0.917 bits per heavy atom. The Hall–Kier alpha value is -2.54. The summed E-state index contributed by atoms with van der Waals surface area (Å²) in [4.78, 5) is 0. The maximum atomic E-state index is 5.86. The molecule has 0 bridgehead atoms. The zero-order valence-electron chi connectivity index (χ0n) is 14.7. The molecule has 0 spiro atoms. The zero-order valence-corrected chi connectivity index (χ0v) is 14.7. The molecule has 0 amide bonds. The number of hydrogen-bond acceptors (Lipinski definition) is 1. The Kier molecular flexibility index (Phi) is 3.45. The monoisotopic (exact) mass is 314 g/mol. The van der Waals surface area contributed by atoms with Crippen LogP contribution >= 0.6 is 0 Å². The normalized spacial score (nSPS) is 13.1. The van der Waals surface area contributed by atoms with Crippen LogP contribution in [0, 0.1) is 27.7 Å². The molecule has 4 rings (SSSR count). The lowest BCUT2D eigenvalue weighted by atomic mass is 9.89. The molecular weight excluding hydrogens is 292 g/mol. The van der Waals surface area contributed by atoms with Crippen molar-refractivity contribution in [2.24, 2.45) is 0 Å². The van der Waals surface area contributed by atoms with E-state index < -0.39 is 0 Å². The quantitative estimate of drug-likeness (QED) is 0.543. The molecule has 1 aliphatic rings. The molecule has 2 aromatic carbocycles. The molecule has 0 radical (unpaired) electrons. The van der Waals surface area contributed by atoms with E-state index in [1.165, 1.54) is 44.5 Å². The van der Waals surface area contributed by atoms with Crippen molar-refractivity contribution in [2.45, 2.75) is 34.1 Å². The van der Waals surface area contributed by atoms with Crippen LogP contribution in [0.1, 0.15) is 39.3 Å². The molecule has 1 nitrogen and oxygen atoms in total. The van der Waals surface area contributed by atoms with Gasteiger partial charge >= 0.3 is 0 Å². The summed E-state index contributed by atoms with van der Waals surface area (Å²) >= 11 is 0. The molecule has 0 fully saturated rings. The average Bonchev–Trinajstić information content (AvgIpc) is 3.14. The zero-order chi connectivity index (χ0) is 16.8. The minimum atomic E-state index is 0.947. The van der Waals surface area contributed by atoms with Crippen LogP contribution in [-0.2, 0) is 6.42 Å². The fourth-order valence-corrected chi connectivity index (χ4v) is 3.69. The Morgan fingerprint density at radius 2 is 1.75 bits per heavy atom. The molecule has 3 aromatic rings. The molecule has 0 N–H and O–H groups in total. The molecule has 24 heavy (non-hydrogen) atoms. The highest BCUT2D eigenvalue weighted by Gasteiger charge is 2.22. The molecule has 1 aromatic heterocycles. The summed E-state index contributed by atoms with van der Waals surface area (Å²) in [5.41, 5.74) is 10.7. The number of aryl methyl sites for hydroxylation is 3. The van der Waals surface area contributed by atoms with Crippen LogP contribution in [-0.4, -0.2) is 0 Å². The molecule has 1 heteroatoms. The molecule has 0 saturated carbocycles. The third-order valence-corrected chi connectivity index (χ3v) is 5.04. The van der Waals surface area contributed by atoms with E-state index in [0.717, 1.165) is 17.9 Å². The van der Waals surface area contributed by atoms with Gasteiger partial charge in [-0.15, -0.1) is 0 Å². The van der Waals surface area contributed by atoms with Crippen molar-refractivity contribution in [3.63, 3.8) is 0 Å². The van der Waals surface area contributed by atoms with E-state index in [-0.39, 0.29) is 0 Å². The second-order valence-electron chi connectivity index (χ2n) is 6.89. The number of fused-ring (bicyclic) bond motifs is 1. The molecule has 1 aliphatic carbocycles. The van der Waals surface area contributed by atoms with Crippen LogP contribution in [0.3, 0.4) is 0 Å². The van der Waals surface area contributed by atoms with E-state index in [2.05, 4.69) is 63.2 Å².